The highest BCUT2D eigenvalue weighted by atomic mass is 19.1. The average Bonchev–Trinajstić information content (AvgIpc) is 2.52. The van der Waals surface area contributed by atoms with Gasteiger partial charge >= 0.3 is 6.03 Å². The molecular formula is C10H17FN2O5. The Labute approximate surface area is 103 Å². The molecule has 1 unspecified atom stereocenters. The molecule has 2 fully saturated rings. The van der Waals surface area contributed by atoms with E-state index in [2.05, 4.69) is 5.32 Å². The largest absolute Gasteiger partial charge is 0.394 e. The molecule has 18 heavy (non-hydrogen) atoms. The van der Waals surface area contributed by atoms with E-state index in [1.54, 1.807) is 0 Å². The Bertz CT molecular complexity index is 340. The number of nitrogens with one attached hydrogen (secondary N) is 1. The van der Waals surface area contributed by atoms with Gasteiger partial charge in [-0.2, -0.15) is 0 Å². The van der Waals surface area contributed by atoms with E-state index in [0.29, 0.717) is 0 Å². The van der Waals surface area contributed by atoms with Crippen molar-refractivity contribution in [2.45, 2.75) is 43.7 Å². The van der Waals surface area contributed by atoms with E-state index >= 15 is 0 Å². The number of carbonyl (C=O) groups excluding carboxylic acids is 1. The number of amides is 2. The lowest BCUT2D eigenvalue weighted by molar-refractivity contribution is -0.0972. The third-order valence-corrected chi connectivity index (χ3v) is 3.37. The maximum atomic E-state index is 14.4. The summed E-state index contributed by atoms with van der Waals surface area (Å²) in [5, 5.41) is 30.2. The molecule has 2 saturated heterocycles. The summed E-state index contributed by atoms with van der Waals surface area (Å²) in [6.07, 6.45) is -4.57. The lowest BCUT2D eigenvalue weighted by Crippen LogP contribution is -2.60. The fourth-order valence-electron chi connectivity index (χ4n) is 2.29. The van der Waals surface area contributed by atoms with Crippen LogP contribution in [-0.4, -0.2) is 69.7 Å². The van der Waals surface area contributed by atoms with Crippen LogP contribution in [0.15, 0.2) is 0 Å². The summed E-state index contributed by atoms with van der Waals surface area (Å²) in [6, 6.07) is -0.659. The summed E-state index contributed by atoms with van der Waals surface area (Å²) in [5.41, 5.74) is -2.17. The highest BCUT2D eigenvalue weighted by Gasteiger charge is 2.57. The van der Waals surface area contributed by atoms with Crippen molar-refractivity contribution in [3.8, 4) is 0 Å². The van der Waals surface area contributed by atoms with E-state index in [0.717, 1.165) is 11.8 Å². The van der Waals surface area contributed by atoms with E-state index in [4.69, 9.17) is 9.84 Å². The highest BCUT2D eigenvalue weighted by Crippen LogP contribution is 2.36. The molecule has 0 radical (unpaired) electrons. The second-order valence-corrected chi connectivity index (χ2v) is 4.75. The SMILES string of the molecule is C[C@@]1(F)[C@H](O)[C@@H](CO)O[C@H]1N1CCC(O)NC1=O. The average molecular weight is 264 g/mol. The van der Waals surface area contributed by atoms with Gasteiger partial charge in [0, 0.05) is 13.0 Å². The number of nitrogens with zero attached hydrogens (tertiary/aromatic N) is 1. The molecule has 0 aromatic carbocycles. The van der Waals surface area contributed by atoms with E-state index < -0.39 is 43.0 Å². The van der Waals surface area contributed by atoms with Crippen LogP contribution in [0.4, 0.5) is 9.18 Å². The first-order chi connectivity index (χ1) is 8.37. The number of hydrogen-bond acceptors (Lipinski definition) is 5. The number of alkyl halides is 1. The number of ether oxygens (including phenoxy) is 1. The Morgan fingerprint density at radius 1 is 1.61 bits per heavy atom. The molecule has 2 amide bonds. The van der Waals surface area contributed by atoms with Crippen molar-refractivity contribution in [2.75, 3.05) is 13.2 Å². The molecule has 0 spiro atoms. The quantitative estimate of drug-likeness (QED) is 0.487. The monoisotopic (exact) mass is 264 g/mol. The summed E-state index contributed by atoms with van der Waals surface area (Å²) in [6.45, 7) is 0.702. The number of rotatable bonds is 2. The van der Waals surface area contributed by atoms with Gasteiger partial charge in [0.25, 0.3) is 0 Å². The number of aliphatic hydroxyl groups is 3. The smallest absolute Gasteiger partial charge is 0.321 e. The molecular weight excluding hydrogens is 247 g/mol. The molecule has 0 saturated carbocycles. The Balaban J connectivity index is 2.15. The third-order valence-electron chi connectivity index (χ3n) is 3.37. The van der Waals surface area contributed by atoms with Crippen LogP contribution < -0.4 is 5.32 Å². The Kier molecular flexibility index (Phi) is 3.45. The van der Waals surface area contributed by atoms with Gasteiger partial charge in [0.2, 0.25) is 0 Å². The van der Waals surface area contributed by atoms with Crippen LogP contribution in [-0.2, 0) is 4.74 Å². The summed E-state index contributed by atoms with van der Waals surface area (Å²) in [7, 11) is 0. The number of carbonyl (C=O) groups is 1. The predicted octanol–water partition coefficient (Wildman–Crippen LogP) is -1.47. The molecule has 0 aromatic rings. The van der Waals surface area contributed by atoms with Crippen molar-refractivity contribution in [1.29, 1.82) is 0 Å². The van der Waals surface area contributed by atoms with E-state index in [1.807, 2.05) is 0 Å². The Morgan fingerprint density at radius 2 is 2.28 bits per heavy atom. The van der Waals surface area contributed by atoms with Crippen molar-refractivity contribution in [1.82, 2.24) is 10.2 Å². The zero-order valence-electron chi connectivity index (χ0n) is 9.91. The topological polar surface area (TPSA) is 102 Å². The maximum Gasteiger partial charge on any atom is 0.321 e. The van der Waals surface area contributed by atoms with Crippen LogP contribution in [0.2, 0.25) is 0 Å². The van der Waals surface area contributed by atoms with E-state index in [9.17, 15) is 19.4 Å². The number of urea groups is 1. The summed E-state index contributed by atoms with van der Waals surface area (Å²) >= 11 is 0. The van der Waals surface area contributed by atoms with Gasteiger partial charge in [-0.3, -0.25) is 4.90 Å². The van der Waals surface area contributed by atoms with Crippen LogP contribution in [0, 0.1) is 0 Å². The Hall–Kier alpha value is -0.960. The zero-order valence-corrected chi connectivity index (χ0v) is 9.91. The molecule has 0 aliphatic carbocycles. The molecule has 0 aromatic heterocycles. The molecule has 2 aliphatic heterocycles. The highest BCUT2D eigenvalue weighted by molar-refractivity contribution is 5.75. The van der Waals surface area contributed by atoms with Gasteiger partial charge in [-0.1, -0.05) is 0 Å². The fourth-order valence-corrected chi connectivity index (χ4v) is 2.29. The van der Waals surface area contributed by atoms with Crippen molar-refractivity contribution < 1.29 is 29.2 Å². The minimum atomic E-state index is -2.17. The first kappa shape index (κ1) is 13.5. The van der Waals surface area contributed by atoms with Crippen LogP contribution in [0.1, 0.15) is 13.3 Å². The maximum absolute atomic E-state index is 14.4. The van der Waals surface area contributed by atoms with Crippen LogP contribution in [0.5, 0.6) is 0 Å². The van der Waals surface area contributed by atoms with Crippen molar-refractivity contribution >= 4 is 6.03 Å². The molecule has 0 bridgehead atoms. The van der Waals surface area contributed by atoms with E-state index in [1.165, 1.54) is 0 Å². The van der Waals surface area contributed by atoms with Gasteiger partial charge in [0.05, 0.1) is 6.61 Å². The van der Waals surface area contributed by atoms with Crippen LogP contribution >= 0.6 is 0 Å². The molecule has 5 atom stereocenters. The van der Waals surface area contributed by atoms with Crippen molar-refractivity contribution in [2.24, 2.45) is 0 Å². The second-order valence-electron chi connectivity index (χ2n) is 4.75. The minimum Gasteiger partial charge on any atom is -0.394 e. The normalized spacial score (nSPS) is 45.2. The molecule has 2 heterocycles. The van der Waals surface area contributed by atoms with E-state index in [-0.39, 0.29) is 13.0 Å². The van der Waals surface area contributed by atoms with Crippen LogP contribution in [0.3, 0.4) is 0 Å². The zero-order chi connectivity index (χ0) is 13.5. The first-order valence-corrected chi connectivity index (χ1v) is 5.76. The molecule has 2 aliphatic rings. The van der Waals surface area contributed by atoms with Crippen molar-refractivity contribution in [3.05, 3.63) is 0 Å². The van der Waals surface area contributed by atoms with Gasteiger partial charge in [-0.05, 0) is 6.92 Å². The van der Waals surface area contributed by atoms with Crippen molar-refractivity contribution in [3.63, 3.8) is 0 Å². The predicted molar refractivity (Wildman–Crippen MR) is 57.1 cm³/mol. The Morgan fingerprint density at radius 3 is 2.78 bits per heavy atom. The lowest BCUT2D eigenvalue weighted by atomic mass is 9.97. The summed E-state index contributed by atoms with van der Waals surface area (Å²) in [4.78, 5) is 12.7. The molecule has 4 N–H and O–H groups in total. The van der Waals surface area contributed by atoms with Crippen LogP contribution in [0.25, 0.3) is 0 Å². The second kappa shape index (κ2) is 4.61. The van der Waals surface area contributed by atoms with Gasteiger partial charge in [0.15, 0.2) is 11.9 Å². The molecule has 8 heteroatoms. The molecule has 2 rings (SSSR count). The summed E-state index contributed by atoms with van der Waals surface area (Å²) < 4.78 is 19.6. The fraction of sp³-hybridized carbons (Fsp3) is 0.900. The first-order valence-electron chi connectivity index (χ1n) is 5.76. The minimum absolute atomic E-state index is 0.113. The lowest BCUT2D eigenvalue weighted by Gasteiger charge is -2.38. The summed E-state index contributed by atoms with van der Waals surface area (Å²) in [5.74, 6) is 0. The number of aliphatic hydroxyl groups excluding tert-OH is 3. The molecule has 104 valence electrons. The van der Waals surface area contributed by atoms with Gasteiger partial charge in [-0.25, -0.2) is 9.18 Å². The molecule has 7 nitrogen and oxygen atoms in total. The van der Waals surface area contributed by atoms with Gasteiger partial charge < -0.3 is 25.4 Å². The number of hydrogen-bond donors (Lipinski definition) is 4. The number of halogens is 1. The van der Waals surface area contributed by atoms with Gasteiger partial charge in [0.1, 0.15) is 18.4 Å². The third kappa shape index (κ3) is 2.05. The standard InChI is InChI=1S/C10H17FN2O5/c1-10(11)7(16)5(4-14)18-8(10)13-3-2-6(15)12-9(13)17/h5-8,14-16H,2-4H2,1H3,(H,12,17)/t5-,6?,7-,8-,10-/m1/s1. The van der Waals surface area contributed by atoms with Gasteiger partial charge in [-0.15, -0.1) is 0 Å².